The van der Waals surface area contributed by atoms with Crippen LogP contribution in [0.15, 0.2) is 35.3 Å². The van der Waals surface area contributed by atoms with Gasteiger partial charge in [-0.15, -0.1) is 0 Å². The van der Waals surface area contributed by atoms with Gasteiger partial charge in [-0.25, -0.2) is 0 Å². The molecule has 1 aromatic carbocycles. The third-order valence-corrected chi connectivity index (χ3v) is 6.61. The fraction of sp³-hybridized carbons (Fsp3) is 0.708. The van der Waals surface area contributed by atoms with E-state index in [0.717, 1.165) is 71.1 Å². The summed E-state index contributed by atoms with van der Waals surface area (Å²) in [7, 11) is 1.88. The highest BCUT2D eigenvalue weighted by Gasteiger charge is 2.30. The van der Waals surface area contributed by atoms with Gasteiger partial charge in [0.05, 0.1) is 24.9 Å². The van der Waals surface area contributed by atoms with Crippen LogP contribution in [0.1, 0.15) is 50.2 Å². The fourth-order valence-electron chi connectivity index (χ4n) is 4.83. The first-order chi connectivity index (χ1) is 14.8. The minimum atomic E-state index is 0.179. The van der Waals surface area contributed by atoms with Gasteiger partial charge in [-0.2, -0.15) is 0 Å². The van der Waals surface area contributed by atoms with Crippen LogP contribution in [-0.4, -0.2) is 69.6 Å². The Hall–Kier alpha value is -1.63. The van der Waals surface area contributed by atoms with Crippen LogP contribution in [0.4, 0.5) is 0 Å². The molecule has 4 rings (SSSR count). The number of nitrogens with zero attached hydrogens (tertiary/aromatic N) is 2. The van der Waals surface area contributed by atoms with Crippen LogP contribution < -0.4 is 5.32 Å². The summed E-state index contributed by atoms with van der Waals surface area (Å²) >= 11 is 0. The van der Waals surface area contributed by atoms with E-state index >= 15 is 0 Å². The predicted octanol–water partition coefficient (Wildman–Crippen LogP) is 3.39. The van der Waals surface area contributed by atoms with E-state index in [9.17, 15) is 0 Å². The van der Waals surface area contributed by atoms with Gasteiger partial charge in [-0.05, 0) is 44.1 Å². The molecule has 6 nitrogen and oxygen atoms in total. The van der Waals surface area contributed by atoms with Gasteiger partial charge in [0.1, 0.15) is 0 Å². The van der Waals surface area contributed by atoms with Crippen molar-refractivity contribution in [3.05, 3.63) is 35.9 Å². The van der Waals surface area contributed by atoms with Crippen molar-refractivity contribution in [3.63, 3.8) is 0 Å². The van der Waals surface area contributed by atoms with Gasteiger partial charge in [0.25, 0.3) is 0 Å². The Balaban J connectivity index is 1.20. The number of rotatable bonds is 6. The second kappa shape index (κ2) is 11.1. The van der Waals surface area contributed by atoms with Crippen molar-refractivity contribution in [1.82, 2.24) is 10.2 Å². The average molecular weight is 416 g/mol. The number of hydrogen-bond donors (Lipinski definition) is 1. The molecule has 0 saturated carbocycles. The van der Waals surface area contributed by atoms with Crippen molar-refractivity contribution in [2.24, 2.45) is 10.9 Å². The van der Waals surface area contributed by atoms with Gasteiger partial charge in [0.2, 0.25) is 0 Å². The number of ether oxygens (including phenoxy) is 3. The maximum Gasteiger partial charge on any atom is 0.193 e. The van der Waals surface area contributed by atoms with Crippen LogP contribution in [0.5, 0.6) is 0 Å². The lowest BCUT2D eigenvalue weighted by molar-refractivity contribution is -0.0721. The predicted molar refractivity (Wildman–Crippen MR) is 119 cm³/mol. The Labute approximate surface area is 181 Å². The van der Waals surface area contributed by atoms with E-state index in [1.165, 1.54) is 18.4 Å². The first-order valence-corrected chi connectivity index (χ1v) is 11.7. The van der Waals surface area contributed by atoms with Crippen molar-refractivity contribution in [1.29, 1.82) is 0 Å². The third-order valence-electron chi connectivity index (χ3n) is 6.61. The Morgan fingerprint density at radius 1 is 1.07 bits per heavy atom. The molecule has 3 unspecified atom stereocenters. The highest BCUT2D eigenvalue weighted by Crippen LogP contribution is 2.34. The summed E-state index contributed by atoms with van der Waals surface area (Å²) in [5.74, 6) is 1.48. The highest BCUT2D eigenvalue weighted by atomic mass is 16.5. The van der Waals surface area contributed by atoms with Gasteiger partial charge in [0, 0.05) is 45.8 Å². The summed E-state index contributed by atoms with van der Waals surface area (Å²) in [5.41, 5.74) is 1.27. The van der Waals surface area contributed by atoms with E-state index in [2.05, 4.69) is 45.5 Å². The first-order valence-electron chi connectivity index (χ1n) is 11.7. The van der Waals surface area contributed by atoms with E-state index in [-0.39, 0.29) is 6.10 Å². The van der Waals surface area contributed by atoms with Crippen molar-refractivity contribution < 1.29 is 14.2 Å². The average Bonchev–Trinajstić information content (AvgIpc) is 3.29. The van der Waals surface area contributed by atoms with Crippen molar-refractivity contribution >= 4 is 5.96 Å². The Morgan fingerprint density at radius 3 is 2.63 bits per heavy atom. The fourth-order valence-corrected chi connectivity index (χ4v) is 4.83. The number of aliphatic imine (C=N–C) groups is 1. The molecule has 166 valence electrons. The molecule has 30 heavy (non-hydrogen) atoms. The number of likely N-dealkylation sites (tertiary alicyclic amines) is 1. The summed E-state index contributed by atoms with van der Waals surface area (Å²) in [4.78, 5) is 6.91. The quantitative estimate of drug-likeness (QED) is 0.570. The molecule has 0 spiro atoms. The zero-order valence-corrected chi connectivity index (χ0v) is 18.3. The Morgan fingerprint density at radius 2 is 1.90 bits per heavy atom. The van der Waals surface area contributed by atoms with Crippen LogP contribution in [0, 0.1) is 5.92 Å². The number of nitrogens with one attached hydrogen (secondary N) is 1. The number of piperidine rings is 1. The van der Waals surface area contributed by atoms with Crippen LogP contribution >= 0.6 is 0 Å². The molecule has 3 atom stereocenters. The Kier molecular flexibility index (Phi) is 8.01. The molecule has 3 fully saturated rings. The van der Waals surface area contributed by atoms with Gasteiger partial charge in [-0.3, -0.25) is 4.99 Å². The van der Waals surface area contributed by atoms with Gasteiger partial charge >= 0.3 is 0 Å². The van der Waals surface area contributed by atoms with E-state index < -0.39 is 0 Å². The molecule has 0 aromatic heterocycles. The maximum atomic E-state index is 6.16. The van der Waals surface area contributed by atoms with Crippen molar-refractivity contribution in [2.45, 2.75) is 56.8 Å². The van der Waals surface area contributed by atoms with Crippen LogP contribution in [0.2, 0.25) is 0 Å². The molecule has 1 aromatic rings. The SMILES string of the molecule is CN=C(NCC1CCOC1c1ccccc1)N1CCC(OCC2CCCCO2)CC1. The third kappa shape index (κ3) is 5.74. The van der Waals surface area contributed by atoms with Crippen LogP contribution in [0.25, 0.3) is 0 Å². The van der Waals surface area contributed by atoms with Gasteiger partial charge in [-0.1, -0.05) is 30.3 Å². The maximum absolute atomic E-state index is 6.16. The number of benzene rings is 1. The molecule has 3 saturated heterocycles. The Bertz CT molecular complexity index is 655. The lowest BCUT2D eigenvalue weighted by Gasteiger charge is -2.35. The zero-order chi connectivity index (χ0) is 20.6. The van der Waals surface area contributed by atoms with E-state index in [0.29, 0.717) is 18.1 Å². The van der Waals surface area contributed by atoms with Gasteiger partial charge in [0.15, 0.2) is 5.96 Å². The van der Waals surface area contributed by atoms with Crippen LogP contribution in [0.3, 0.4) is 0 Å². The zero-order valence-electron chi connectivity index (χ0n) is 18.3. The first kappa shape index (κ1) is 21.6. The molecule has 3 heterocycles. The molecular formula is C24H37N3O3. The van der Waals surface area contributed by atoms with Gasteiger partial charge < -0.3 is 24.4 Å². The summed E-state index contributed by atoms with van der Waals surface area (Å²) in [6.07, 6.45) is 7.61. The van der Waals surface area contributed by atoms with E-state index in [4.69, 9.17) is 14.2 Å². The lowest BCUT2D eigenvalue weighted by Crippen LogP contribution is -2.48. The normalized spacial score (nSPS) is 28.6. The second-order valence-electron chi connectivity index (χ2n) is 8.69. The molecule has 0 bridgehead atoms. The number of hydrogen-bond acceptors (Lipinski definition) is 4. The topological polar surface area (TPSA) is 55.3 Å². The van der Waals surface area contributed by atoms with Crippen LogP contribution in [-0.2, 0) is 14.2 Å². The lowest BCUT2D eigenvalue weighted by atomic mass is 9.95. The standard InChI is InChI=1S/C24H37N3O3/c1-25-24(26-17-20-12-16-29-23(20)19-7-3-2-4-8-19)27-13-10-21(11-14-27)30-18-22-9-5-6-15-28-22/h2-4,7-8,20-23H,5-6,9-18H2,1H3,(H,25,26). The molecule has 3 aliphatic heterocycles. The molecule has 0 amide bonds. The van der Waals surface area contributed by atoms with Crippen molar-refractivity contribution in [3.8, 4) is 0 Å². The molecule has 6 heteroatoms. The molecule has 3 aliphatic rings. The molecule has 0 aliphatic carbocycles. The second-order valence-corrected chi connectivity index (χ2v) is 8.69. The highest BCUT2D eigenvalue weighted by molar-refractivity contribution is 5.80. The summed E-state index contributed by atoms with van der Waals surface area (Å²) < 4.78 is 18.0. The smallest absolute Gasteiger partial charge is 0.193 e. The number of guanidine groups is 1. The minimum absolute atomic E-state index is 0.179. The largest absolute Gasteiger partial charge is 0.376 e. The van der Waals surface area contributed by atoms with E-state index in [1.54, 1.807) is 0 Å². The minimum Gasteiger partial charge on any atom is -0.376 e. The van der Waals surface area contributed by atoms with E-state index in [1.807, 2.05) is 7.05 Å². The summed E-state index contributed by atoms with van der Waals surface area (Å²) in [6, 6.07) is 10.6. The summed E-state index contributed by atoms with van der Waals surface area (Å²) in [5, 5.41) is 3.61. The monoisotopic (exact) mass is 415 g/mol. The molecule has 1 N–H and O–H groups in total. The molecular weight excluding hydrogens is 378 g/mol. The van der Waals surface area contributed by atoms with Crippen molar-refractivity contribution in [2.75, 3.05) is 46.5 Å². The molecule has 0 radical (unpaired) electrons. The summed E-state index contributed by atoms with van der Waals surface area (Å²) in [6.45, 7) is 5.34.